The number of carbonyl (C=O) groups excluding carboxylic acids is 2. The molecule has 2 heterocycles. The summed E-state index contributed by atoms with van der Waals surface area (Å²) < 4.78 is 13.9. The molecule has 0 atom stereocenters. The van der Waals surface area contributed by atoms with Crippen LogP contribution in [0.15, 0.2) is 45.8 Å². The highest BCUT2D eigenvalue weighted by molar-refractivity contribution is 9.11. The molecule has 0 bridgehead atoms. The Balaban J connectivity index is 2.00. The summed E-state index contributed by atoms with van der Waals surface area (Å²) in [6.45, 7) is 0. The third-order valence-electron chi connectivity index (χ3n) is 3.07. The van der Waals surface area contributed by atoms with Gasteiger partial charge >= 0.3 is 0 Å². The summed E-state index contributed by atoms with van der Waals surface area (Å²) in [5, 5.41) is 2.45. The summed E-state index contributed by atoms with van der Waals surface area (Å²) in [6, 6.07) is 8.91. The maximum absolute atomic E-state index is 13.1. The molecule has 8 heteroatoms. The van der Waals surface area contributed by atoms with Crippen molar-refractivity contribution < 1.29 is 14.0 Å². The minimum atomic E-state index is -0.553. The fraction of sp³-hybridized carbons (Fsp3) is 0. The lowest BCUT2D eigenvalue weighted by atomic mass is 10.1. The third kappa shape index (κ3) is 3.24. The molecule has 1 aromatic heterocycles. The van der Waals surface area contributed by atoms with E-state index in [1.165, 1.54) is 46.6 Å². The fourth-order valence-electron chi connectivity index (χ4n) is 2.03. The van der Waals surface area contributed by atoms with Crippen LogP contribution in [0.3, 0.4) is 0 Å². The predicted octanol–water partition coefficient (Wildman–Crippen LogP) is 3.48. The standard InChI is InChI=1S/C15H8BrFN2O2S2/c16-12-6-5-10(23-12)7-11-13(20)18-15(22)19(14(11)21)9-3-1-8(17)2-4-9/h1-7H,(H,18,20,22). The van der Waals surface area contributed by atoms with Crippen LogP contribution < -0.4 is 10.2 Å². The summed E-state index contributed by atoms with van der Waals surface area (Å²) in [7, 11) is 0. The number of amides is 2. The van der Waals surface area contributed by atoms with Crippen LogP contribution in [-0.2, 0) is 9.59 Å². The van der Waals surface area contributed by atoms with Crippen LogP contribution in [0.25, 0.3) is 6.08 Å². The number of rotatable bonds is 2. The van der Waals surface area contributed by atoms with Gasteiger partial charge in [0.05, 0.1) is 9.47 Å². The summed E-state index contributed by atoms with van der Waals surface area (Å²) in [5.74, 6) is -1.52. The highest BCUT2D eigenvalue weighted by atomic mass is 79.9. The number of benzene rings is 1. The average molecular weight is 411 g/mol. The molecule has 4 nitrogen and oxygen atoms in total. The molecule has 116 valence electrons. The van der Waals surface area contributed by atoms with E-state index in [9.17, 15) is 14.0 Å². The summed E-state index contributed by atoms with van der Waals surface area (Å²) in [6.07, 6.45) is 1.51. The molecule has 1 aliphatic rings. The van der Waals surface area contributed by atoms with Gasteiger partial charge in [-0.05, 0) is 70.6 Å². The molecule has 0 saturated carbocycles. The minimum absolute atomic E-state index is 0.0303. The Bertz CT molecular complexity index is 845. The molecule has 2 aromatic rings. The van der Waals surface area contributed by atoms with Gasteiger partial charge in [0.2, 0.25) is 0 Å². The first-order valence-electron chi connectivity index (χ1n) is 6.38. The molecular formula is C15H8BrFN2O2S2. The molecule has 1 aromatic carbocycles. The monoisotopic (exact) mass is 410 g/mol. The Labute approximate surface area is 148 Å². The van der Waals surface area contributed by atoms with Crippen LogP contribution in [0.4, 0.5) is 10.1 Å². The summed E-state index contributed by atoms with van der Waals surface area (Å²) in [5.41, 5.74) is 0.358. The molecule has 1 aliphatic heterocycles. The zero-order chi connectivity index (χ0) is 16.6. The van der Waals surface area contributed by atoms with Gasteiger partial charge < -0.3 is 0 Å². The number of carbonyl (C=O) groups is 2. The average Bonchev–Trinajstić information content (AvgIpc) is 2.91. The van der Waals surface area contributed by atoms with E-state index in [1.54, 1.807) is 6.07 Å². The van der Waals surface area contributed by atoms with Gasteiger partial charge in [-0.1, -0.05) is 0 Å². The predicted molar refractivity (Wildman–Crippen MR) is 94.6 cm³/mol. The molecule has 0 radical (unpaired) electrons. The van der Waals surface area contributed by atoms with E-state index in [2.05, 4.69) is 21.2 Å². The van der Waals surface area contributed by atoms with E-state index in [-0.39, 0.29) is 10.7 Å². The third-order valence-corrected chi connectivity index (χ3v) is 4.92. The number of hydrogen-bond donors (Lipinski definition) is 1. The van der Waals surface area contributed by atoms with Crippen molar-refractivity contribution >= 4 is 68.2 Å². The number of anilines is 1. The zero-order valence-electron chi connectivity index (χ0n) is 11.4. The number of nitrogens with one attached hydrogen (secondary N) is 1. The normalized spacial score (nSPS) is 16.9. The van der Waals surface area contributed by atoms with Crippen molar-refractivity contribution in [3.8, 4) is 0 Å². The van der Waals surface area contributed by atoms with Crippen molar-refractivity contribution in [3.05, 3.63) is 56.5 Å². The van der Waals surface area contributed by atoms with Crippen LogP contribution in [0.2, 0.25) is 0 Å². The Morgan fingerprint density at radius 3 is 2.48 bits per heavy atom. The van der Waals surface area contributed by atoms with Crippen LogP contribution in [0, 0.1) is 5.82 Å². The summed E-state index contributed by atoms with van der Waals surface area (Å²) >= 11 is 9.79. The number of nitrogens with zero attached hydrogens (tertiary/aromatic N) is 1. The quantitative estimate of drug-likeness (QED) is 0.468. The lowest BCUT2D eigenvalue weighted by Gasteiger charge is -2.28. The van der Waals surface area contributed by atoms with Crippen molar-refractivity contribution in [2.75, 3.05) is 4.90 Å². The van der Waals surface area contributed by atoms with Gasteiger partial charge in [-0.3, -0.25) is 19.8 Å². The van der Waals surface area contributed by atoms with Crippen molar-refractivity contribution in [1.82, 2.24) is 5.32 Å². The maximum Gasteiger partial charge on any atom is 0.270 e. The molecule has 1 saturated heterocycles. The van der Waals surface area contributed by atoms with Gasteiger partial charge in [0.1, 0.15) is 11.4 Å². The van der Waals surface area contributed by atoms with Crippen molar-refractivity contribution in [2.45, 2.75) is 0 Å². The van der Waals surface area contributed by atoms with Gasteiger partial charge in [0.15, 0.2) is 5.11 Å². The topological polar surface area (TPSA) is 49.4 Å². The van der Waals surface area contributed by atoms with E-state index in [1.807, 2.05) is 6.07 Å². The van der Waals surface area contributed by atoms with Gasteiger partial charge in [0.25, 0.3) is 11.8 Å². The second-order valence-corrected chi connectivity index (χ2v) is 7.46. The van der Waals surface area contributed by atoms with Crippen LogP contribution in [0.5, 0.6) is 0 Å². The molecule has 1 fully saturated rings. The van der Waals surface area contributed by atoms with Crippen molar-refractivity contribution in [3.63, 3.8) is 0 Å². The number of thiophene rings is 1. The molecule has 0 aliphatic carbocycles. The number of thiocarbonyl (C=S) groups is 1. The van der Waals surface area contributed by atoms with Crippen LogP contribution >= 0.6 is 39.5 Å². The van der Waals surface area contributed by atoms with Crippen molar-refractivity contribution in [2.24, 2.45) is 0 Å². The Morgan fingerprint density at radius 1 is 1.17 bits per heavy atom. The lowest BCUT2D eigenvalue weighted by Crippen LogP contribution is -2.54. The molecular weight excluding hydrogens is 403 g/mol. The van der Waals surface area contributed by atoms with E-state index in [4.69, 9.17) is 12.2 Å². The maximum atomic E-state index is 13.1. The summed E-state index contributed by atoms with van der Waals surface area (Å²) in [4.78, 5) is 26.7. The highest BCUT2D eigenvalue weighted by Crippen LogP contribution is 2.26. The number of hydrogen-bond acceptors (Lipinski definition) is 4. The van der Waals surface area contributed by atoms with Gasteiger partial charge in [-0.2, -0.15) is 0 Å². The first-order valence-corrected chi connectivity index (χ1v) is 8.40. The molecule has 3 rings (SSSR count). The van der Waals surface area contributed by atoms with Crippen molar-refractivity contribution in [1.29, 1.82) is 0 Å². The molecule has 1 N–H and O–H groups in total. The Hall–Kier alpha value is -1.90. The van der Waals surface area contributed by atoms with E-state index >= 15 is 0 Å². The Kier molecular flexibility index (Phi) is 4.38. The second-order valence-electron chi connectivity index (χ2n) is 4.58. The molecule has 0 spiro atoms. The first-order chi connectivity index (χ1) is 11.0. The highest BCUT2D eigenvalue weighted by Gasteiger charge is 2.34. The van der Waals surface area contributed by atoms with Crippen LogP contribution in [-0.4, -0.2) is 16.9 Å². The van der Waals surface area contributed by atoms with E-state index in [0.29, 0.717) is 5.69 Å². The minimum Gasteiger partial charge on any atom is -0.298 e. The lowest BCUT2D eigenvalue weighted by molar-refractivity contribution is -0.122. The molecule has 23 heavy (non-hydrogen) atoms. The van der Waals surface area contributed by atoms with Gasteiger partial charge in [-0.15, -0.1) is 11.3 Å². The molecule has 2 amide bonds. The van der Waals surface area contributed by atoms with Gasteiger partial charge in [0, 0.05) is 4.88 Å². The SMILES string of the molecule is O=C1NC(=S)N(c2ccc(F)cc2)C(=O)C1=Cc1ccc(Br)s1. The smallest absolute Gasteiger partial charge is 0.270 e. The fourth-order valence-corrected chi connectivity index (χ4v) is 3.68. The van der Waals surface area contributed by atoms with Crippen LogP contribution in [0.1, 0.15) is 4.88 Å². The largest absolute Gasteiger partial charge is 0.298 e. The van der Waals surface area contributed by atoms with Gasteiger partial charge in [-0.25, -0.2) is 4.39 Å². The van der Waals surface area contributed by atoms with E-state index < -0.39 is 17.6 Å². The second kappa shape index (κ2) is 6.31. The number of halogens is 2. The first kappa shape index (κ1) is 16.0. The van der Waals surface area contributed by atoms with E-state index in [0.717, 1.165) is 8.66 Å². The zero-order valence-corrected chi connectivity index (χ0v) is 14.6. The Morgan fingerprint density at radius 2 is 1.87 bits per heavy atom. The molecule has 0 unspecified atom stereocenters.